The van der Waals surface area contributed by atoms with Gasteiger partial charge in [0.2, 0.25) is 0 Å². The Kier molecular flexibility index (Phi) is 3.28. The fourth-order valence-corrected chi connectivity index (χ4v) is 2.32. The number of rotatable bonds is 3. The Labute approximate surface area is 95.4 Å². The van der Waals surface area contributed by atoms with Crippen LogP contribution in [0.2, 0.25) is 0 Å². The summed E-state index contributed by atoms with van der Waals surface area (Å²) >= 11 is 0. The molecule has 5 heteroatoms. The van der Waals surface area contributed by atoms with Gasteiger partial charge in [0.1, 0.15) is 5.60 Å². The molecule has 0 saturated carbocycles. The molecule has 1 aromatic heterocycles. The Hall–Kier alpha value is -0.910. The zero-order valence-electron chi connectivity index (χ0n) is 9.86. The van der Waals surface area contributed by atoms with E-state index in [2.05, 4.69) is 22.0 Å². The smallest absolute Gasteiger partial charge is 0.119 e. The summed E-state index contributed by atoms with van der Waals surface area (Å²) in [5.41, 5.74) is 1.82. The van der Waals surface area contributed by atoms with Gasteiger partial charge in [-0.3, -0.25) is 10.00 Å². The van der Waals surface area contributed by atoms with Crippen molar-refractivity contribution in [1.29, 1.82) is 0 Å². The minimum atomic E-state index is -0.339. The van der Waals surface area contributed by atoms with E-state index in [1.54, 1.807) is 0 Å². The zero-order valence-corrected chi connectivity index (χ0v) is 9.86. The number of β-amino-alcohol motifs (C(OH)–C–C–N with tert-alkyl or cyclic N) is 1. The number of nitrogens with zero attached hydrogens (tertiary/aromatic N) is 2. The van der Waals surface area contributed by atoms with Gasteiger partial charge in [-0.05, 0) is 19.4 Å². The summed E-state index contributed by atoms with van der Waals surface area (Å²) in [6.07, 6.45) is 1.81. The number of aryl methyl sites for hydroxylation is 1. The van der Waals surface area contributed by atoms with Gasteiger partial charge in [0.15, 0.2) is 0 Å². The maximum atomic E-state index is 8.97. The molecule has 0 spiro atoms. The number of aromatic nitrogens is 2. The normalized spacial score (nSPS) is 27.2. The van der Waals surface area contributed by atoms with Gasteiger partial charge in [-0.15, -0.1) is 0 Å². The SMILES string of the molecule is Cc1cn[nH]c1C1(C)CN(CCO)CCO1. The Balaban J connectivity index is 2.15. The first-order valence-corrected chi connectivity index (χ1v) is 5.63. The number of nitrogens with one attached hydrogen (secondary N) is 1. The van der Waals surface area contributed by atoms with Crippen molar-refractivity contribution in [2.24, 2.45) is 0 Å². The van der Waals surface area contributed by atoms with Crippen LogP contribution in [0.25, 0.3) is 0 Å². The lowest BCUT2D eigenvalue weighted by Crippen LogP contribution is -2.49. The Bertz CT molecular complexity index is 351. The fourth-order valence-electron chi connectivity index (χ4n) is 2.32. The monoisotopic (exact) mass is 225 g/mol. The van der Waals surface area contributed by atoms with Crippen molar-refractivity contribution in [2.75, 3.05) is 32.8 Å². The first-order valence-electron chi connectivity index (χ1n) is 5.63. The molecule has 0 amide bonds. The summed E-state index contributed by atoms with van der Waals surface area (Å²) in [6, 6.07) is 0. The first kappa shape index (κ1) is 11.6. The van der Waals surface area contributed by atoms with E-state index in [-0.39, 0.29) is 12.2 Å². The lowest BCUT2D eigenvalue weighted by Gasteiger charge is -2.40. The molecular weight excluding hydrogens is 206 g/mol. The first-order chi connectivity index (χ1) is 7.65. The molecular formula is C11H19N3O2. The molecule has 1 aliphatic heterocycles. The van der Waals surface area contributed by atoms with Crippen LogP contribution < -0.4 is 0 Å². The molecule has 2 N–H and O–H groups in total. The standard InChI is InChI=1S/C11H19N3O2/c1-9-7-12-13-10(9)11(2)8-14(3-5-15)4-6-16-11/h7,15H,3-6,8H2,1-2H3,(H,12,13). The second-order valence-electron chi connectivity index (χ2n) is 4.51. The molecule has 0 bridgehead atoms. The minimum Gasteiger partial charge on any atom is -0.395 e. The summed E-state index contributed by atoms with van der Waals surface area (Å²) < 4.78 is 5.87. The lowest BCUT2D eigenvalue weighted by molar-refractivity contribution is -0.107. The number of hydrogen-bond acceptors (Lipinski definition) is 4. The van der Waals surface area contributed by atoms with Gasteiger partial charge in [0.25, 0.3) is 0 Å². The molecule has 0 aliphatic carbocycles. The average molecular weight is 225 g/mol. The molecule has 16 heavy (non-hydrogen) atoms. The van der Waals surface area contributed by atoms with E-state index in [0.29, 0.717) is 13.2 Å². The molecule has 1 unspecified atom stereocenters. The van der Waals surface area contributed by atoms with Crippen LogP contribution >= 0.6 is 0 Å². The van der Waals surface area contributed by atoms with Crippen molar-refractivity contribution in [3.05, 3.63) is 17.5 Å². The van der Waals surface area contributed by atoms with Crippen molar-refractivity contribution in [3.63, 3.8) is 0 Å². The number of aromatic amines is 1. The molecule has 2 heterocycles. The van der Waals surface area contributed by atoms with E-state index < -0.39 is 0 Å². The van der Waals surface area contributed by atoms with Gasteiger partial charge in [0.05, 0.1) is 25.1 Å². The Morgan fingerprint density at radius 1 is 1.69 bits per heavy atom. The average Bonchev–Trinajstić information content (AvgIpc) is 2.66. The fraction of sp³-hybridized carbons (Fsp3) is 0.727. The van der Waals surface area contributed by atoms with Crippen molar-refractivity contribution < 1.29 is 9.84 Å². The third-order valence-electron chi connectivity index (χ3n) is 3.13. The summed E-state index contributed by atoms with van der Waals surface area (Å²) in [5.74, 6) is 0. The predicted molar refractivity (Wildman–Crippen MR) is 60.2 cm³/mol. The highest BCUT2D eigenvalue weighted by Gasteiger charge is 2.36. The van der Waals surface area contributed by atoms with Crippen LogP contribution in [-0.2, 0) is 10.3 Å². The van der Waals surface area contributed by atoms with E-state index >= 15 is 0 Å². The van der Waals surface area contributed by atoms with Crippen LogP contribution in [0, 0.1) is 6.92 Å². The molecule has 1 aliphatic rings. The maximum absolute atomic E-state index is 8.97. The van der Waals surface area contributed by atoms with E-state index in [9.17, 15) is 0 Å². The van der Waals surface area contributed by atoms with Crippen LogP contribution in [-0.4, -0.2) is 53.1 Å². The maximum Gasteiger partial charge on any atom is 0.119 e. The highest BCUT2D eigenvalue weighted by molar-refractivity contribution is 5.22. The van der Waals surface area contributed by atoms with Crippen molar-refractivity contribution in [3.8, 4) is 0 Å². The molecule has 5 nitrogen and oxygen atoms in total. The van der Waals surface area contributed by atoms with Gasteiger partial charge in [-0.2, -0.15) is 5.10 Å². The van der Waals surface area contributed by atoms with E-state index in [1.807, 2.05) is 13.1 Å². The second kappa shape index (κ2) is 4.53. The van der Waals surface area contributed by atoms with Crippen molar-refractivity contribution >= 4 is 0 Å². The molecule has 0 radical (unpaired) electrons. The van der Waals surface area contributed by atoms with Gasteiger partial charge < -0.3 is 9.84 Å². The highest BCUT2D eigenvalue weighted by Crippen LogP contribution is 2.29. The molecule has 1 aromatic rings. The predicted octanol–water partition coefficient (Wildman–Crippen LogP) is 0.258. The number of H-pyrrole nitrogens is 1. The second-order valence-corrected chi connectivity index (χ2v) is 4.51. The largest absolute Gasteiger partial charge is 0.395 e. The Morgan fingerprint density at radius 2 is 2.50 bits per heavy atom. The van der Waals surface area contributed by atoms with Crippen LogP contribution in [0.1, 0.15) is 18.2 Å². The number of morpholine rings is 1. The topological polar surface area (TPSA) is 61.4 Å². The van der Waals surface area contributed by atoms with E-state index in [1.165, 1.54) is 0 Å². The van der Waals surface area contributed by atoms with Gasteiger partial charge >= 0.3 is 0 Å². The molecule has 90 valence electrons. The summed E-state index contributed by atoms with van der Waals surface area (Å²) in [4.78, 5) is 2.21. The molecule has 0 aromatic carbocycles. The van der Waals surface area contributed by atoms with Gasteiger partial charge in [-0.25, -0.2) is 0 Å². The highest BCUT2D eigenvalue weighted by atomic mass is 16.5. The number of hydrogen-bond donors (Lipinski definition) is 2. The van der Waals surface area contributed by atoms with Gasteiger partial charge in [-0.1, -0.05) is 0 Å². The Morgan fingerprint density at radius 3 is 3.12 bits per heavy atom. The van der Waals surface area contributed by atoms with Gasteiger partial charge in [0, 0.05) is 19.6 Å². The summed E-state index contributed by atoms with van der Waals surface area (Å²) in [6.45, 7) is 7.34. The number of ether oxygens (including phenoxy) is 1. The lowest BCUT2D eigenvalue weighted by atomic mass is 9.97. The summed E-state index contributed by atoms with van der Waals surface area (Å²) in [5, 5.41) is 16.0. The molecule has 1 atom stereocenters. The molecule has 2 rings (SSSR count). The third kappa shape index (κ3) is 2.11. The van der Waals surface area contributed by atoms with Crippen LogP contribution in [0.5, 0.6) is 0 Å². The number of aliphatic hydroxyl groups excluding tert-OH is 1. The minimum absolute atomic E-state index is 0.192. The van der Waals surface area contributed by atoms with Crippen LogP contribution in [0.4, 0.5) is 0 Å². The summed E-state index contributed by atoms with van der Waals surface area (Å²) in [7, 11) is 0. The van der Waals surface area contributed by atoms with Crippen LogP contribution in [0.3, 0.4) is 0 Å². The van der Waals surface area contributed by atoms with Crippen molar-refractivity contribution in [1.82, 2.24) is 15.1 Å². The molecule has 1 saturated heterocycles. The van der Waals surface area contributed by atoms with Crippen LogP contribution in [0.15, 0.2) is 6.20 Å². The van der Waals surface area contributed by atoms with Crippen molar-refractivity contribution in [2.45, 2.75) is 19.4 Å². The zero-order chi connectivity index (χ0) is 11.6. The third-order valence-corrected chi connectivity index (χ3v) is 3.13. The van der Waals surface area contributed by atoms with E-state index in [0.717, 1.165) is 24.3 Å². The molecule has 1 fully saturated rings. The number of aliphatic hydroxyl groups is 1. The quantitative estimate of drug-likeness (QED) is 0.774. The van der Waals surface area contributed by atoms with E-state index in [4.69, 9.17) is 9.84 Å².